The largest absolute Gasteiger partial charge is 0.394 e. The summed E-state index contributed by atoms with van der Waals surface area (Å²) >= 11 is 3.02. The minimum atomic E-state index is -0.970. The molecule has 1 rings (SSSR count). The molecule has 13 heavy (non-hydrogen) atoms. The molecular weight excluding hydrogens is 244 g/mol. The first kappa shape index (κ1) is 10.6. The van der Waals surface area contributed by atoms with Gasteiger partial charge in [0.05, 0.1) is 12.6 Å². The van der Waals surface area contributed by atoms with Gasteiger partial charge in [-0.2, -0.15) is 0 Å². The molecule has 72 valence electrons. The molecule has 0 saturated carbocycles. The molecule has 0 amide bonds. The molecule has 0 aliphatic rings. The molecule has 0 radical (unpaired) electrons. The van der Waals surface area contributed by atoms with E-state index >= 15 is 0 Å². The van der Waals surface area contributed by atoms with Crippen LogP contribution in [0.4, 0.5) is 8.78 Å². The van der Waals surface area contributed by atoms with Gasteiger partial charge in [-0.15, -0.1) is 0 Å². The molecule has 0 heterocycles. The monoisotopic (exact) mass is 251 g/mol. The molecule has 3 N–H and O–H groups in total. The standard InChI is InChI=1S/C8H8BrF2NO/c9-5-2-7(11)6(10)1-4(5)8(12)3-13/h1-2,8,13H,3,12H2. The number of aliphatic hydroxyl groups excluding tert-OH is 1. The van der Waals surface area contributed by atoms with Gasteiger partial charge in [-0.05, 0) is 17.7 Å². The van der Waals surface area contributed by atoms with E-state index in [9.17, 15) is 8.78 Å². The number of rotatable bonds is 2. The first-order valence-corrected chi connectivity index (χ1v) is 4.36. The molecule has 1 aromatic rings. The molecule has 1 unspecified atom stereocenters. The molecule has 2 nitrogen and oxygen atoms in total. The van der Waals surface area contributed by atoms with Crippen LogP contribution < -0.4 is 5.73 Å². The first-order chi connectivity index (χ1) is 6.06. The maximum atomic E-state index is 12.7. The van der Waals surface area contributed by atoms with Crippen molar-refractivity contribution in [3.8, 4) is 0 Å². The predicted molar refractivity (Wildman–Crippen MR) is 48.1 cm³/mol. The third-order valence-electron chi connectivity index (χ3n) is 1.64. The summed E-state index contributed by atoms with van der Waals surface area (Å²) in [5, 5.41) is 8.71. The van der Waals surface area contributed by atoms with Gasteiger partial charge in [0.2, 0.25) is 0 Å². The van der Waals surface area contributed by atoms with Crippen molar-refractivity contribution in [2.45, 2.75) is 6.04 Å². The quantitative estimate of drug-likeness (QED) is 0.787. The number of nitrogens with two attached hydrogens (primary N) is 1. The van der Waals surface area contributed by atoms with E-state index in [2.05, 4.69) is 15.9 Å². The molecule has 0 aliphatic carbocycles. The van der Waals surface area contributed by atoms with Crippen molar-refractivity contribution < 1.29 is 13.9 Å². The lowest BCUT2D eigenvalue weighted by Crippen LogP contribution is -2.15. The molecule has 0 spiro atoms. The number of hydrogen-bond acceptors (Lipinski definition) is 2. The Morgan fingerprint density at radius 3 is 2.46 bits per heavy atom. The molecule has 0 aromatic heterocycles. The zero-order valence-electron chi connectivity index (χ0n) is 6.60. The van der Waals surface area contributed by atoms with Gasteiger partial charge in [-0.25, -0.2) is 8.78 Å². The Bertz CT molecular complexity index is 319. The summed E-state index contributed by atoms with van der Waals surface area (Å²) < 4.78 is 25.7. The minimum Gasteiger partial charge on any atom is -0.394 e. The summed E-state index contributed by atoms with van der Waals surface area (Å²) in [7, 11) is 0. The Balaban J connectivity index is 3.15. The van der Waals surface area contributed by atoms with Gasteiger partial charge < -0.3 is 10.8 Å². The first-order valence-electron chi connectivity index (χ1n) is 3.57. The van der Waals surface area contributed by atoms with E-state index in [0.717, 1.165) is 12.1 Å². The van der Waals surface area contributed by atoms with Gasteiger partial charge in [-0.1, -0.05) is 15.9 Å². The molecule has 0 saturated heterocycles. The summed E-state index contributed by atoms with van der Waals surface area (Å²) in [5.41, 5.74) is 5.79. The van der Waals surface area contributed by atoms with Crippen LogP contribution in [0.3, 0.4) is 0 Å². The lowest BCUT2D eigenvalue weighted by molar-refractivity contribution is 0.267. The van der Waals surface area contributed by atoms with Gasteiger partial charge in [0, 0.05) is 4.47 Å². The highest BCUT2D eigenvalue weighted by Gasteiger charge is 2.12. The summed E-state index contributed by atoms with van der Waals surface area (Å²) in [5.74, 6) is -1.91. The maximum absolute atomic E-state index is 12.7. The van der Waals surface area contributed by atoms with E-state index in [0.29, 0.717) is 10.0 Å². The highest BCUT2D eigenvalue weighted by Crippen LogP contribution is 2.24. The van der Waals surface area contributed by atoms with Crippen LogP contribution in [0.5, 0.6) is 0 Å². The van der Waals surface area contributed by atoms with Crippen LogP contribution in [-0.4, -0.2) is 11.7 Å². The van der Waals surface area contributed by atoms with Crippen molar-refractivity contribution in [2.75, 3.05) is 6.61 Å². The van der Waals surface area contributed by atoms with Gasteiger partial charge in [-0.3, -0.25) is 0 Å². The van der Waals surface area contributed by atoms with Gasteiger partial charge in [0.25, 0.3) is 0 Å². The average Bonchev–Trinajstić information content (AvgIpc) is 2.10. The van der Waals surface area contributed by atoms with E-state index < -0.39 is 17.7 Å². The fourth-order valence-electron chi connectivity index (χ4n) is 0.920. The topological polar surface area (TPSA) is 46.2 Å². The van der Waals surface area contributed by atoms with E-state index in [1.54, 1.807) is 0 Å². The highest BCUT2D eigenvalue weighted by molar-refractivity contribution is 9.10. The summed E-state index contributed by atoms with van der Waals surface area (Å²) in [6, 6.07) is 1.25. The minimum absolute atomic E-state index is 0.316. The molecular formula is C8H8BrF2NO. The van der Waals surface area contributed by atoms with Crippen LogP contribution >= 0.6 is 15.9 Å². The Morgan fingerprint density at radius 2 is 1.92 bits per heavy atom. The highest BCUT2D eigenvalue weighted by atomic mass is 79.9. The van der Waals surface area contributed by atoms with E-state index in [1.807, 2.05) is 0 Å². The Labute approximate surface area is 82.5 Å². The maximum Gasteiger partial charge on any atom is 0.159 e. The molecule has 0 aliphatic heterocycles. The van der Waals surface area contributed by atoms with E-state index in [1.165, 1.54) is 0 Å². The second-order valence-corrected chi connectivity index (χ2v) is 3.43. The Hall–Kier alpha value is -0.520. The SMILES string of the molecule is NC(CO)c1cc(F)c(F)cc1Br. The third kappa shape index (κ3) is 2.24. The van der Waals surface area contributed by atoms with Crippen LogP contribution in [0.25, 0.3) is 0 Å². The van der Waals surface area contributed by atoms with Crippen molar-refractivity contribution >= 4 is 15.9 Å². The fourth-order valence-corrected chi connectivity index (χ4v) is 1.53. The lowest BCUT2D eigenvalue weighted by atomic mass is 10.1. The zero-order chi connectivity index (χ0) is 10.0. The molecule has 1 aromatic carbocycles. The van der Waals surface area contributed by atoms with Crippen molar-refractivity contribution in [3.63, 3.8) is 0 Å². The Morgan fingerprint density at radius 1 is 1.38 bits per heavy atom. The summed E-state index contributed by atoms with van der Waals surface area (Å²) in [6.07, 6.45) is 0. The lowest BCUT2D eigenvalue weighted by Gasteiger charge is -2.10. The second kappa shape index (κ2) is 4.13. The molecule has 5 heteroatoms. The van der Waals surface area contributed by atoms with Crippen molar-refractivity contribution in [1.82, 2.24) is 0 Å². The van der Waals surface area contributed by atoms with Crippen molar-refractivity contribution in [3.05, 3.63) is 33.8 Å². The number of benzene rings is 1. The molecule has 0 bridgehead atoms. The summed E-state index contributed by atoms with van der Waals surface area (Å²) in [4.78, 5) is 0. The fraction of sp³-hybridized carbons (Fsp3) is 0.250. The number of halogens is 3. The third-order valence-corrected chi connectivity index (χ3v) is 2.32. The van der Waals surface area contributed by atoms with Crippen molar-refractivity contribution in [1.29, 1.82) is 0 Å². The Kier molecular flexibility index (Phi) is 3.35. The van der Waals surface area contributed by atoms with Crippen LogP contribution in [-0.2, 0) is 0 Å². The average molecular weight is 252 g/mol. The van der Waals surface area contributed by atoms with E-state index in [-0.39, 0.29) is 6.61 Å². The molecule has 0 fully saturated rings. The number of aliphatic hydroxyl groups is 1. The summed E-state index contributed by atoms with van der Waals surface area (Å²) in [6.45, 7) is -0.316. The van der Waals surface area contributed by atoms with Gasteiger partial charge in [0.1, 0.15) is 0 Å². The second-order valence-electron chi connectivity index (χ2n) is 2.58. The van der Waals surface area contributed by atoms with Gasteiger partial charge in [0.15, 0.2) is 11.6 Å². The van der Waals surface area contributed by atoms with Gasteiger partial charge >= 0.3 is 0 Å². The van der Waals surface area contributed by atoms with Crippen LogP contribution in [0.2, 0.25) is 0 Å². The molecule has 1 atom stereocenters. The normalized spacial score (nSPS) is 13.0. The van der Waals surface area contributed by atoms with Crippen molar-refractivity contribution in [2.24, 2.45) is 5.73 Å². The van der Waals surface area contributed by atoms with E-state index in [4.69, 9.17) is 10.8 Å². The van der Waals surface area contributed by atoms with Crippen LogP contribution in [0.1, 0.15) is 11.6 Å². The van der Waals surface area contributed by atoms with Crippen LogP contribution in [0.15, 0.2) is 16.6 Å². The number of hydrogen-bond donors (Lipinski definition) is 2. The predicted octanol–water partition coefficient (Wildman–Crippen LogP) is 1.72. The zero-order valence-corrected chi connectivity index (χ0v) is 8.18. The van der Waals surface area contributed by atoms with Crippen LogP contribution in [0, 0.1) is 11.6 Å². The smallest absolute Gasteiger partial charge is 0.159 e.